The Hall–Kier alpha value is -0.620. The molecule has 1 atom stereocenters. The maximum absolute atomic E-state index is 5.94. The number of unbranched alkanes of at least 4 members (excludes halogenated alkanes) is 1. The Morgan fingerprint density at radius 1 is 1.25 bits per heavy atom. The van der Waals surface area contributed by atoms with Gasteiger partial charge in [0.25, 0.3) is 0 Å². The molecule has 0 aliphatic carbocycles. The highest BCUT2D eigenvalue weighted by Crippen LogP contribution is 2.33. The summed E-state index contributed by atoms with van der Waals surface area (Å²) >= 11 is 7.00. The monoisotopic (exact) mass is 402 g/mol. The fourth-order valence-electron chi connectivity index (χ4n) is 2.29. The Balaban J connectivity index is 2.27. The average Bonchev–Trinajstić information content (AvgIpc) is 2.85. The third kappa shape index (κ3) is 3.34. The van der Waals surface area contributed by atoms with Crippen molar-refractivity contribution in [2.24, 2.45) is 5.92 Å². The predicted octanol–water partition coefficient (Wildman–Crippen LogP) is 4.75. The van der Waals surface area contributed by atoms with Crippen LogP contribution >= 0.6 is 31.9 Å². The maximum atomic E-state index is 5.94. The lowest BCUT2D eigenvalue weighted by molar-refractivity contribution is 0.351. The summed E-state index contributed by atoms with van der Waals surface area (Å²) in [5.41, 5.74) is 8.29. The molecule has 0 saturated heterocycles. The lowest BCUT2D eigenvalue weighted by Gasteiger charge is -2.12. The van der Waals surface area contributed by atoms with E-state index in [1.165, 1.54) is 19.3 Å². The molecule has 2 aromatic rings. The number of nitrogens with two attached hydrogens (primary N) is 1. The molecule has 0 spiro atoms. The molecule has 1 aromatic heterocycles. The van der Waals surface area contributed by atoms with Crippen LogP contribution in [-0.2, 0) is 6.54 Å². The van der Waals surface area contributed by atoms with Gasteiger partial charge in [0.05, 0.1) is 11.0 Å². The molecule has 2 N–H and O–H groups in total. The van der Waals surface area contributed by atoms with Crippen LogP contribution in [0.3, 0.4) is 0 Å². The number of hydrogen-bond acceptors (Lipinski definition) is 3. The molecule has 0 fully saturated rings. The van der Waals surface area contributed by atoms with Crippen molar-refractivity contribution in [1.29, 1.82) is 0 Å². The maximum Gasteiger partial charge on any atom is 0.130 e. The van der Waals surface area contributed by atoms with Crippen molar-refractivity contribution in [3.63, 3.8) is 0 Å². The first-order valence-corrected chi connectivity index (χ1v) is 8.63. The third-order valence-corrected chi connectivity index (χ3v) is 5.03. The number of rotatable bonds is 6. The minimum absolute atomic E-state index is 0.631. The largest absolute Gasteiger partial charge is 0.398 e. The van der Waals surface area contributed by atoms with E-state index in [1.807, 2.05) is 10.9 Å². The van der Waals surface area contributed by atoms with Crippen molar-refractivity contribution in [2.75, 3.05) is 5.73 Å². The van der Waals surface area contributed by atoms with Gasteiger partial charge in [0, 0.05) is 10.2 Å². The van der Waals surface area contributed by atoms with E-state index >= 15 is 0 Å². The molecule has 0 radical (unpaired) electrons. The molecule has 0 aliphatic heterocycles. The number of aromatic nitrogens is 3. The predicted molar refractivity (Wildman–Crippen MR) is 90.6 cm³/mol. The zero-order valence-electron chi connectivity index (χ0n) is 11.9. The first-order valence-electron chi connectivity index (χ1n) is 7.05. The van der Waals surface area contributed by atoms with Crippen molar-refractivity contribution in [2.45, 2.75) is 46.1 Å². The van der Waals surface area contributed by atoms with Crippen molar-refractivity contribution in [3.05, 3.63) is 15.0 Å². The lowest BCUT2D eigenvalue weighted by atomic mass is 10.00. The van der Waals surface area contributed by atoms with Gasteiger partial charge in [-0.15, -0.1) is 0 Å². The zero-order chi connectivity index (χ0) is 14.7. The third-order valence-electron chi connectivity index (χ3n) is 3.59. The highest BCUT2D eigenvalue weighted by atomic mass is 79.9. The minimum Gasteiger partial charge on any atom is -0.398 e. The summed E-state index contributed by atoms with van der Waals surface area (Å²) in [5, 5.41) is 9.16. The van der Waals surface area contributed by atoms with E-state index in [2.05, 4.69) is 55.9 Å². The van der Waals surface area contributed by atoms with Gasteiger partial charge in [-0.2, -0.15) is 15.0 Å². The molecule has 0 amide bonds. The van der Waals surface area contributed by atoms with Crippen molar-refractivity contribution in [1.82, 2.24) is 15.0 Å². The van der Waals surface area contributed by atoms with Gasteiger partial charge in [0.15, 0.2) is 0 Å². The Bertz CT molecular complexity index is 594. The van der Waals surface area contributed by atoms with Gasteiger partial charge in [0.1, 0.15) is 11.0 Å². The second-order valence-corrected chi connectivity index (χ2v) is 6.78. The summed E-state index contributed by atoms with van der Waals surface area (Å²) in [6.07, 6.45) is 4.88. The van der Waals surface area contributed by atoms with Crippen molar-refractivity contribution in [3.8, 4) is 0 Å². The molecule has 2 rings (SSSR count). The van der Waals surface area contributed by atoms with E-state index in [9.17, 15) is 0 Å². The van der Waals surface area contributed by atoms with Crippen LogP contribution in [0, 0.1) is 5.92 Å². The number of halogens is 2. The van der Waals surface area contributed by atoms with Gasteiger partial charge in [-0.05, 0) is 50.3 Å². The molecule has 1 heterocycles. The Labute approximate surface area is 136 Å². The first-order chi connectivity index (χ1) is 9.56. The SMILES string of the molecule is CCCCC(CC)Cn1nc2c(Br)cc(N)c(Br)c2n1. The highest BCUT2D eigenvalue weighted by Gasteiger charge is 2.15. The van der Waals surface area contributed by atoms with Gasteiger partial charge in [-0.3, -0.25) is 0 Å². The number of nitrogens with zero attached hydrogens (tertiary/aromatic N) is 3. The van der Waals surface area contributed by atoms with Crippen LogP contribution in [-0.4, -0.2) is 15.0 Å². The van der Waals surface area contributed by atoms with Crippen LogP contribution in [0.4, 0.5) is 5.69 Å². The van der Waals surface area contributed by atoms with E-state index in [-0.39, 0.29) is 0 Å². The molecule has 1 aromatic carbocycles. The Morgan fingerprint density at radius 2 is 1.95 bits per heavy atom. The molecule has 110 valence electrons. The van der Waals surface area contributed by atoms with E-state index in [1.54, 1.807) is 0 Å². The van der Waals surface area contributed by atoms with Crippen LogP contribution < -0.4 is 5.73 Å². The zero-order valence-corrected chi connectivity index (χ0v) is 15.0. The fourth-order valence-corrected chi connectivity index (χ4v) is 3.19. The van der Waals surface area contributed by atoms with Crippen LogP contribution in [0.2, 0.25) is 0 Å². The van der Waals surface area contributed by atoms with Crippen LogP contribution in [0.5, 0.6) is 0 Å². The number of anilines is 1. The summed E-state index contributed by atoms with van der Waals surface area (Å²) in [7, 11) is 0. The van der Waals surface area contributed by atoms with E-state index < -0.39 is 0 Å². The molecular formula is C14H20Br2N4. The summed E-state index contributed by atoms with van der Waals surface area (Å²) in [6, 6.07) is 1.86. The summed E-state index contributed by atoms with van der Waals surface area (Å²) < 4.78 is 1.71. The second-order valence-electron chi connectivity index (χ2n) is 5.13. The first kappa shape index (κ1) is 15.8. The van der Waals surface area contributed by atoms with Crippen molar-refractivity contribution < 1.29 is 0 Å². The number of benzene rings is 1. The quantitative estimate of drug-likeness (QED) is 0.707. The summed E-state index contributed by atoms with van der Waals surface area (Å²) in [5.74, 6) is 0.631. The normalized spacial score (nSPS) is 13.0. The standard InChI is InChI=1S/C14H20Br2N4/c1-3-5-6-9(4-2)8-20-18-13-10(15)7-11(17)12(16)14(13)19-20/h7,9H,3-6,8,17H2,1-2H3. The summed E-state index contributed by atoms with van der Waals surface area (Å²) in [4.78, 5) is 1.81. The van der Waals surface area contributed by atoms with Crippen LogP contribution in [0.15, 0.2) is 15.0 Å². The molecule has 0 saturated carbocycles. The van der Waals surface area contributed by atoms with Gasteiger partial charge >= 0.3 is 0 Å². The summed E-state index contributed by atoms with van der Waals surface area (Å²) in [6.45, 7) is 5.32. The van der Waals surface area contributed by atoms with Gasteiger partial charge < -0.3 is 5.73 Å². The molecular weight excluding hydrogens is 384 g/mol. The fraction of sp³-hybridized carbons (Fsp3) is 0.571. The molecule has 0 aliphatic rings. The van der Waals surface area contributed by atoms with Crippen molar-refractivity contribution >= 4 is 48.6 Å². The van der Waals surface area contributed by atoms with E-state index in [0.29, 0.717) is 11.6 Å². The van der Waals surface area contributed by atoms with Gasteiger partial charge in [-0.1, -0.05) is 33.1 Å². The average molecular weight is 404 g/mol. The highest BCUT2D eigenvalue weighted by molar-refractivity contribution is 9.11. The van der Waals surface area contributed by atoms with E-state index in [4.69, 9.17) is 5.73 Å². The number of nitrogen functional groups attached to an aromatic ring is 1. The lowest BCUT2D eigenvalue weighted by Crippen LogP contribution is -2.12. The van der Waals surface area contributed by atoms with Crippen LogP contribution in [0.25, 0.3) is 11.0 Å². The molecule has 4 nitrogen and oxygen atoms in total. The number of hydrogen-bond donors (Lipinski definition) is 1. The Morgan fingerprint density at radius 3 is 2.60 bits per heavy atom. The van der Waals surface area contributed by atoms with Crippen LogP contribution in [0.1, 0.15) is 39.5 Å². The molecule has 20 heavy (non-hydrogen) atoms. The minimum atomic E-state index is 0.631. The molecule has 1 unspecified atom stereocenters. The number of fused-ring (bicyclic) bond motifs is 1. The topological polar surface area (TPSA) is 56.7 Å². The van der Waals surface area contributed by atoms with Gasteiger partial charge in [-0.25, -0.2) is 0 Å². The van der Waals surface area contributed by atoms with E-state index in [0.717, 1.165) is 32.9 Å². The smallest absolute Gasteiger partial charge is 0.130 e. The Kier molecular flexibility index (Phi) is 5.43. The second kappa shape index (κ2) is 6.89. The molecule has 0 bridgehead atoms. The van der Waals surface area contributed by atoms with Gasteiger partial charge in [0.2, 0.25) is 0 Å². The molecule has 6 heteroatoms.